The molecule has 8 nitrogen and oxygen atoms in total. The summed E-state index contributed by atoms with van der Waals surface area (Å²) in [6.45, 7) is 1.16. The van der Waals surface area contributed by atoms with Gasteiger partial charge in [0.05, 0.1) is 4.92 Å². The summed E-state index contributed by atoms with van der Waals surface area (Å²) in [5, 5.41) is 14.0. The second-order valence-electron chi connectivity index (χ2n) is 5.71. The number of carbonyl (C=O) groups excluding carboxylic acids is 1. The molecule has 1 N–H and O–H groups in total. The van der Waals surface area contributed by atoms with Crippen LogP contribution in [-0.4, -0.2) is 33.9 Å². The van der Waals surface area contributed by atoms with Crippen molar-refractivity contribution in [1.29, 1.82) is 0 Å². The lowest BCUT2D eigenvalue weighted by Gasteiger charge is -2.32. The van der Waals surface area contributed by atoms with Crippen LogP contribution in [-0.2, 0) is 4.79 Å². The van der Waals surface area contributed by atoms with Crippen molar-refractivity contribution >= 4 is 39.2 Å². The number of aromatic nitrogens is 2. The highest BCUT2D eigenvalue weighted by molar-refractivity contribution is 9.10. The molecule has 25 heavy (non-hydrogen) atoms. The summed E-state index contributed by atoms with van der Waals surface area (Å²) in [4.78, 5) is 33.1. The van der Waals surface area contributed by atoms with E-state index in [2.05, 4.69) is 31.2 Å². The Balaban J connectivity index is 1.64. The first kappa shape index (κ1) is 17.3. The van der Waals surface area contributed by atoms with Gasteiger partial charge >= 0.3 is 0 Å². The lowest BCUT2D eigenvalue weighted by molar-refractivity contribution is -0.384. The normalized spacial score (nSPS) is 15.0. The molecule has 130 valence electrons. The number of amides is 1. The zero-order valence-electron chi connectivity index (χ0n) is 13.3. The van der Waals surface area contributed by atoms with Crippen LogP contribution in [0.1, 0.15) is 12.8 Å². The maximum absolute atomic E-state index is 12.3. The van der Waals surface area contributed by atoms with Gasteiger partial charge in [0.1, 0.15) is 5.69 Å². The van der Waals surface area contributed by atoms with Gasteiger partial charge in [0.25, 0.3) is 5.69 Å². The van der Waals surface area contributed by atoms with Crippen molar-refractivity contribution in [2.75, 3.05) is 23.3 Å². The van der Waals surface area contributed by atoms with E-state index in [1.165, 1.54) is 6.07 Å². The first-order valence-electron chi connectivity index (χ1n) is 7.81. The maximum atomic E-state index is 12.3. The second kappa shape index (κ2) is 7.56. The molecule has 1 saturated heterocycles. The average molecular weight is 406 g/mol. The zero-order chi connectivity index (χ0) is 17.8. The molecule has 0 radical (unpaired) electrons. The molecule has 1 aliphatic rings. The number of nitrogens with zero attached hydrogens (tertiary/aromatic N) is 4. The fourth-order valence-corrected chi connectivity index (χ4v) is 3.22. The zero-order valence-corrected chi connectivity index (χ0v) is 14.8. The van der Waals surface area contributed by atoms with Crippen LogP contribution >= 0.6 is 15.9 Å². The van der Waals surface area contributed by atoms with E-state index >= 15 is 0 Å². The number of anilines is 2. The van der Waals surface area contributed by atoms with Crippen molar-refractivity contribution in [1.82, 2.24) is 9.97 Å². The van der Waals surface area contributed by atoms with Gasteiger partial charge in [-0.3, -0.25) is 20.2 Å². The van der Waals surface area contributed by atoms with E-state index < -0.39 is 0 Å². The topological polar surface area (TPSA) is 101 Å². The Kier molecular flexibility index (Phi) is 5.22. The van der Waals surface area contributed by atoms with Gasteiger partial charge in [-0.2, -0.15) is 0 Å². The number of nitrogens with one attached hydrogen (secondary N) is 1. The van der Waals surface area contributed by atoms with E-state index in [0.717, 1.165) is 0 Å². The minimum Gasteiger partial charge on any atom is -0.366 e. The molecule has 1 aliphatic heterocycles. The molecule has 0 unspecified atom stereocenters. The van der Waals surface area contributed by atoms with Crippen LogP contribution in [0.4, 0.5) is 17.3 Å². The fourth-order valence-electron chi connectivity index (χ4n) is 2.87. The Labute approximate surface area is 152 Å². The van der Waals surface area contributed by atoms with Crippen molar-refractivity contribution in [2.45, 2.75) is 12.8 Å². The molecule has 2 aromatic rings. The van der Waals surface area contributed by atoms with Gasteiger partial charge in [0.15, 0.2) is 0 Å². The molecule has 1 amide bonds. The Morgan fingerprint density at radius 2 is 1.96 bits per heavy atom. The molecule has 9 heteroatoms. The van der Waals surface area contributed by atoms with Gasteiger partial charge in [-0.25, -0.2) is 9.97 Å². The van der Waals surface area contributed by atoms with Crippen molar-refractivity contribution in [3.05, 3.63) is 51.2 Å². The lowest BCUT2D eigenvalue weighted by Crippen LogP contribution is -2.38. The molecule has 0 aliphatic carbocycles. The molecule has 1 fully saturated rings. The molecule has 0 spiro atoms. The highest BCUT2D eigenvalue weighted by Gasteiger charge is 2.28. The number of hydrogen-bond donors (Lipinski definition) is 1. The van der Waals surface area contributed by atoms with E-state index in [4.69, 9.17) is 0 Å². The maximum Gasteiger partial charge on any atom is 0.293 e. The second-order valence-corrected chi connectivity index (χ2v) is 6.63. The molecule has 1 aromatic carbocycles. The van der Waals surface area contributed by atoms with Crippen LogP contribution in [0.2, 0.25) is 0 Å². The van der Waals surface area contributed by atoms with E-state index in [1.807, 2.05) is 4.90 Å². The van der Waals surface area contributed by atoms with Gasteiger partial charge in [-0.15, -0.1) is 0 Å². The van der Waals surface area contributed by atoms with Gasteiger partial charge < -0.3 is 4.90 Å². The summed E-state index contributed by atoms with van der Waals surface area (Å²) in [5.41, 5.74) is 0.647. The third-order valence-corrected chi connectivity index (χ3v) is 4.63. The third kappa shape index (κ3) is 4.11. The van der Waals surface area contributed by atoms with E-state index in [9.17, 15) is 14.9 Å². The number of piperidine rings is 1. The van der Waals surface area contributed by atoms with Gasteiger partial charge in [-0.05, 0) is 31.0 Å². The Morgan fingerprint density at radius 3 is 2.60 bits per heavy atom. The standard InChI is InChI=1S/C16H16BrN5O3/c17-12-2-3-13(14(10-12)22(24)25)21-8-4-11(5-9-21)15(23)20-16-18-6-1-7-19-16/h1-3,6-7,10-11H,4-5,8-9H2,(H,18,19,20,23). The summed E-state index contributed by atoms with van der Waals surface area (Å²) in [6, 6.07) is 6.70. The van der Waals surface area contributed by atoms with Crippen molar-refractivity contribution < 1.29 is 9.72 Å². The predicted octanol–water partition coefficient (Wildman–Crippen LogP) is 3.00. The third-order valence-electron chi connectivity index (χ3n) is 4.14. The molecule has 0 saturated carbocycles. The molecule has 3 rings (SSSR count). The first-order chi connectivity index (χ1) is 12.0. The summed E-state index contributed by atoms with van der Waals surface area (Å²) in [5.74, 6) is 0.0178. The Morgan fingerprint density at radius 1 is 1.28 bits per heavy atom. The monoisotopic (exact) mass is 405 g/mol. The van der Waals surface area contributed by atoms with Crippen molar-refractivity contribution in [3.8, 4) is 0 Å². The number of nitro benzene ring substituents is 1. The first-order valence-corrected chi connectivity index (χ1v) is 8.60. The van der Waals surface area contributed by atoms with Crippen molar-refractivity contribution in [2.24, 2.45) is 5.92 Å². The highest BCUT2D eigenvalue weighted by Crippen LogP contribution is 2.33. The molecular weight excluding hydrogens is 390 g/mol. The summed E-state index contributed by atoms with van der Waals surface area (Å²) >= 11 is 3.26. The highest BCUT2D eigenvalue weighted by atomic mass is 79.9. The van der Waals surface area contributed by atoms with Crippen LogP contribution in [0.15, 0.2) is 41.1 Å². The van der Waals surface area contributed by atoms with Crippen LogP contribution in [0, 0.1) is 16.0 Å². The quantitative estimate of drug-likeness (QED) is 0.619. The minimum absolute atomic E-state index is 0.0648. The van der Waals surface area contributed by atoms with Gasteiger partial charge in [-0.1, -0.05) is 15.9 Å². The largest absolute Gasteiger partial charge is 0.366 e. The van der Waals surface area contributed by atoms with E-state index in [-0.39, 0.29) is 22.4 Å². The smallest absolute Gasteiger partial charge is 0.293 e. The van der Waals surface area contributed by atoms with Gasteiger partial charge in [0.2, 0.25) is 11.9 Å². The van der Waals surface area contributed by atoms with Crippen LogP contribution < -0.4 is 10.2 Å². The van der Waals surface area contributed by atoms with E-state index in [1.54, 1.807) is 30.6 Å². The lowest BCUT2D eigenvalue weighted by atomic mass is 9.95. The predicted molar refractivity (Wildman–Crippen MR) is 96.4 cm³/mol. The van der Waals surface area contributed by atoms with E-state index in [0.29, 0.717) is 42.0 Å². The summed E-state index contributed by atoms with van der Waals surface area (Å²) < 4.78 is 0.667. The number of benzene rings is 1. The van der Waals surface area contributed by atoms with Crippen LogP contribution in [0.3, 0.4) is 0 Å². The van der Waals surface area contributed by atoms with Crippen LogP contribution in [0.25, 0.3) is 0 Å². The fraction of sp³-hybridized carbons (Fsp3) is 0.312. The molecular formula is C16H16BrN5O3. The molecule has 0 atom stereocenters. The van der Waals surface area contributed by atoms with Gasteiger partial charge in [0, 0.05) is 41.9 Å². The van der Waals surface area contributed by atoms with Crippen molar-refractivity contribution in [3.63, 3.8) is 0 Å². The Bertz CT molecular complexity index is 779. The number of nitro groups is 1. The summed E-state index contributed by atoms with van der Waals surface area (Å²) in [6.07, 6.45) is 4.37. The summed E-state index contributed by atoms with van der Waals surface area (Å²) in [7, 11) is 0. The molecule has 1 aromatic heterocycles. The Hall–Kier alpha value is -2.55. The number of hydrogen-bond acceptors (Lipinski definition) is 6. The SMILES string of the molecule is O=C(Nc1ncccn1)C1CCN(c2ccc(Br)cc2[N+](=O)[O-])CC1. The average Bonchev–Trinajstić information content (AvgIpc) is 2.62. The number of rotatable bonds is 4. The number of halogens is 1. The van der Waals surface area contributed by atoms with Crippen LogP contribution in [0.5, 0.6) is 0 Å². The molecule has 0 bridgehead atoms. The molecule has 2 heterocycles. The number of carbonyl (C=O) groups is 1. The minimum atomic E-state index is -0.383.